The van der Waals surface area contributed by atoms with Gasteiger partial charge < -0.3 is 9.47 Å². The van der Waals surface area contributed by atoms with Crippen LogP contribution in [0.2, 0.25) is 0 Å². The molecule has 0 N–H and O–H groups in total. The first-order valence-corrected chi connectivity index (χ1v) is 7.72. The lowest BCUT2D eigenvalue weighted by molar-refractivity contribution is 0.478. The summed E-state index contributed by atoms with van der Waals surface area (Å²) in [4.78, 5) is 10.7. The van der Waals surface area contributed by atoms with Crippen LogP contribution in [0.25, 0.3) is 10.9 Å². The van der Waals surface area contributed by atoms with Gasteiger partial charge in [0, 0.05) is 31.4 Å². The first-order valence-electron chi connectivity index (χ1n) is 7.72. The summed E-state index contributed by atoms with van der Waals surface area (Å²) in [7, 11) is 1.96. The van der Waals surface area contributed by atoms with Crippen molar-refractivity contribution in [2.75, 3.05) is 18.0 Å². The third-order valence-corrected chi connectivity index (χ3v) is 4.43. The molecule has 0 saturated carbocycles. The summed E-state index contributed by atoms with van der Waals surface area (Å²) in [5, 5.41) is 8.97. The molecule has 23 heavy (non-hydrogen) atoms. The minimum Gasteiger partial charge on any atom is -0.355 e. The summed E-state index contributed by atoms with van der Waals surface area (Å²) < 4.78 is 15.9. The van der Waals surface area contributed by atoms with Crippen molar-refractivity contribution in [3.05, 3.63) is 42.5 Å². The number of halogens is 1. The van der Waals surface area contributed by atoms with E-state index in [4.69, 9.17) is 0 Å². The minimum atomic E-state index is -0.312. The number of fused-ring (bicyclic) bond motifs is 1. The Morgan fingerprint density at radius 1 is 1.26 bits per heavy atom. The van der Waals surface area contributed by atoms with Crippen molar-refractivity contribution < 1.29 is 4.39 Å². The molecule has 1 aromatic carbocycles. The van der Waals surface area contributed by atoms with Crippen molar-refractivity contribution in [2.45, 2.75) is 18.8 Å². The molecular formula is C16H17FN6. The fraction of sp³-hybridized carbons (Fsp3) is 0.375. The van der Waals surface area contributed by atoms with E-state index in [0.29, 0.717) is 11.4 Å². The van der Waals surface area contributed by atoms with E-state index in [9.17, 15) is 4.39 Å². The van der Waals surface area contributed by atoms with Crippen molar-refractivity contribution in [1.82, 2.24) is 24.7 Å². The summed E-state index contributed by atoms with van der Waals surface area (Å²) in [6.07, 6.45) is 5.27. The molecule has 0 spiro atoms. The molecule has 4 rings (SSSR count). The first-order chi connectivity index (χ1) is 11.2. The topological polar surface area (TPSA) is 59.7 Å². The Morgan fingerprint density at radius 3 is 3.00 bits per heavy atom. The number of nitrogens with zero attached hydrogens (tertiary/aromatic N) is 6. The zero-order valence-electron chi connectivity index (χ0n) is 12.9. The molecular weight excluding hydrogens is 295 g/mol. The van der Waals surface area contributed by atoms with Gasteiger partial charge in [0.1, 0.15) is 35.6 Å². The monoisotopic (exact) mass is 312 g/mol. The zero-order valence-corrected chi connectivity index (χ0v) is 12.9. The quantitative estimate of drug-likeness (QED) is 0.726. The molecule has 118 valence electrons. The summed E-state index contributed by atoms with van der Waals surface area (Å²) in [5.41, 5.74) is 0.373. The van der Waals surface area contributed by atoms with Crippen molar-refractivity contribution in [3.63, 3.8) is 0 Å². The second kappa shape index (κ2) is 5.57. The molecule has 1 saturated heterocycles. The molecule has 0 radical (unpaired) electrons. The lowest BCUT2D eigenvalue weighted by Crippen LogP contribution is -2.36. The number of anilines is 1. The van der Waals surface area contributed by atoms with E-state index >= 15 is 0 Å². The van der Waals surface area contributed by atoms with Gasteiger partial charge in [-0.25, -0.2) is 14.4 Å². The number of hydrogen-bond donors (Lipinski definition) is 0. The van der Waals surface area contributed by atoms with Gasteiger partial charge in [0.2, 0.25) is 0 Å². The molecule has 0 aliphatic carbocycles. The van der Waals surface area contributed by atoms with E-state index in [0.717, 1.165) is 43.0 Å². The maximum Gasteiger partial charge on any atom is 0.149 e. The molecule has 1 aliphatic heterocycles. The van der Waals surface area contributed by atoms with Gasteiger partial charge in [-0.3, -0.25) is 0 Å². The highest BCUT2D eigenvalue weighted by molar-refractivity contribution is 5.89. The predicted octanol–water partition coefficient (Wildman–Crippen LogP) is 2.28. The van der Waals surface area contributed by atoms with Crippen LogP contribution in [0, 0.1) is 5.82 Å². The van der Waals surface area contributed by atoms with Gasteiger partial charge in [-0.2, -0.15) is 0 Å². The van der Waals surface area contributed by atoms with Gasteiger partial charge in [-0.05, 0) is 25.0 Å². The number of piperidine rings is 1. The lowest BCUT2D eigenvalue weighted by Gasteiger charge is -2.33. The Labute approximate surface area is 133 Å². The minimum absolute atomic E-state index is 0.301. The molecule has 2 aromatic heterocycles. The van der Waals surface area contributed by atoms with Crippen molar-refractivity contribution in [2.24, 2.45) is 7.05 Å². The number of rotatable bonds is 2. The van der Waals surface area contributed by atoms with Crippen LogP contribution >= 0.6 is 0 Å². The SMILES string of the molecule is Cn1cnnc1C1CCCN(c2ncnc3c(F)cccc23)C1. The Kier molecular flexibility index (Phi) is 3.40. The largest absolute Gasteiger partial charge is 0.355 e. The van der Waals surface area contributed by atoms with Gasteiger partial charge in [0.25, 0.3) is 0 Å². The highest BCUT2D eigenvalue weighted by Gasteiger charge is 2.26. The van der Waals surface area contributed by atoms with E-state index in [-0.39, 0.29) is 5.82 Å². The number of hydrogen-bond acceptors (Lipinski definition) is 5. The number of aryl methyl sites for hydroxylation is 1. The van der Waals surface area contributed by atoms with Crippen molar-refractivity contribution in [1.29, 1.82) is 0 Å². The third-order valence-electron chi connectivity index (χ3n) is 4.43. The number of aromatic nitrogens is 5. The maximum atomic E-state index is 14.0. The van der Waals surface area contributed by atoms with Crippen molar-refractivity contribution >= 4 is 16.7 Å². The second-order valence-corrected chi connectivity index (χ2v) is 5.92. The highest BCUT2D eigenvalue weighted by Crippen LogP contribution is 2.31. The zero-order chi connectivity index (χ0) is 15.8. The lowest BCUT2D eigenvalue weighted by atomic mass is 9.97. The number of benzene rings is 1. The van der Waals surface area contributed by atoms with Gasteiger partial charge in [-0.15, -0.1) is 10.2 Å². The van der Waals surface area contributed by atoms with Gasteiger partial charge >= 0.3 is 0 Å². The summed E-state index contributed by atoms with van der Waals surface area (Å²) in [6, 6.07) is 5.01. The van der Waals surface area contributed by atoms with Crippen LogP contribution in [-0.4, -0.2) is 37.8 Å². The maximum absolute atomic E-state index is 14.0. The van der Waals surface area contributed by atoms with E-state index < -0.39 is 0 Å². The standard InChI is InChI=1S/C16H17FN6/c1-22-10-20-21-15(22)11-4-3-7-23(8-11)16-12-5-2-6-13(17)14(12)18-9-19-16/h2,5-6,9-11H,3-4,7-8H2,1H3. The first kappa shape index (κ1) is 14.0. The van der Waals surface area contributed by atoms with Crippen molar-refractivity contribution in [3.8, 4) is 0 Å². The van der Waals surface area contributed by atoms with Gasteiger partial charge in [-0.1, -0.05) is 6.07 Å². The van der Waals surface area contributed by atoms with E-state index in [1.54, 1.807) is 12.4 Å². The summed E-state index contributed by atoms with van der Waals surface area (Å²) in [5.74, 6) is 1.77. The third kappa shape index (κ3) is 2.42. The van der Waals surface area contributed by atoms with Crippen LogP contribution in [0.5, 0.6) is 0 Å². The fourth-order valence-electron chi connectivity index (χ4n) is 3.33. The molecule has 6 nitrogen and oxygen atoms in total. The van der Waals surface area contributed by atoms with Crippen LogP contribution in [-0.2, 0) is 7.05 Å². The van der Waals surface area contributed by atoms with E-state index in [1.165, 1.54) is 12.4 Å². The second-order valence-electron chi connectivity index (χ2n) is 5.92. The predicted molar refractivity (Wildman–Crippen MR) is 84.7 cm³/mol. The van der Waals surface area contributed by atoms with E-state index in [1.807, 2.05) is 17.7 Å². The summed E-state index contributed by atoms with van der Waals surface area (Å²) in [6.45, 7) is 1.70. The Hall–Kier alpha value is -2.57. The van der Waals surface area contributed by atoms with Crippen LogP contribution in [0.3, 0.4) is 0 Å². The Morgan fingerprint density at radius 2 is 2.17 bits per heavy atom. The van der Waals surface area contributed by atoms with Crippen LogP contribution < -0.4 is 4.90 Å². The normalized spacial score (nSPS) is 18.5. The molecule has 3 aromatic rings. The molecule has 1 aliphatic rings. The smallest absolute Gasteiger partial charge is 0.149 e. The molecule has 0 amide bonds. The van der Waals surface area contributed by atoms with Crippen LogP contribution in [0.1, 0.15) is 24.6 Å². The molecule has 0 bridgehead atoms. The molecule has 1 unspecified atom stereocenters. The van der Waals surface area contributed by atoms with Crippen LogP contribution in [0.15, 0.2) is 30.9 Å². The van der Waals surface area contributed by atoms with Gasteiger partial charge in [0.05, 0.1) is 0 Å². The van der Waals surface area contributed by atoms with E-state index in [2.05, 4.69) is 25.1 Å². The number of para-hydroxylation sites is 1. The molecule has 1 atom stereocenters. The fourth-order valence-corrected chi connectivity index (χ4v) is 3.33. The average Bonchev–Trinajstić information content (AvgIpc) is 3.01. The molecule has 1 fully saturated rings. The Balaban J connectivity index is 1.71. The average molecular weight is 312 g/mol. The van der Waals surface area contributed by atoms with Crippen LogP contribution in [0.4, 0.5) is 10.2 Å². The summed E-state index contributed by atoms with van der Waals surface area (Å²) >= 11 is 0. The molecule has 3 heterocycles. The van der Waals surface area contributed by atoms with Gasteiger partial charge in [0.15, 0.2) is 0 Å². The Bertz CT molecular complexity index is 845. The molecule has 7 heteroatoms. The highest BCUT2D eigenvalue weighted by atomic mass is 19.1.